The maximum atomic E-state index is 13.2. The minimum absolute atomic E-state index is 0.0451. The lowest BCUT2D eigenvalue weighted by Crippen LogP contribution is -2.38. The second kappa shape index (κ2) is 10.9. The predicted molar refractivity (Wildman–Crippen MR) is 135 cm³/mol. The fraction of sp³-hybridized carbons (Fsp3) is 0.269. The Kier molecular flexibility index (Phi) is 7.64. The number of nitrogens with zero attached hydrogens (tertiary/aromatic N) is 2. The average Bonchev–Trinajstić information content (AvgIpc) is 3.28. The molecule has 1 amide bonds. The number of methoxy groups -OCH3 is 3. The monoisotopic (exact) mass is 511 g/mol. The number of esters is 1. The van der Waals surface area contributed by atoms with Crippen molar-refractivity contribution in [3.8, 4) is 11.5 Å². The summed E-state index contributed by atoms with van der Waals surface area (Å²) < 4.78 is 29.4. The van der Waals surface area contributed by atoms with E-state index in [-0.39, 0.29) is 24.7 Å². The molecule has 0 fully saturated rings. The molecule has 2 aliphatic heterocycles. The maximum Gasteiger partial charge on any atom is 0.338 e. The molecule has 4 rings (SSSR count). The molecule has 2 heterocycles. The average molecular weight is 512 g/mol. The molecule has 36 heavy (non-hydrogen) atoms. The number of para-hydroxylation sites is 1. The lowest BCUT2D eigenvalue weighted by Gasteiger charge is -2.36. The molecule has 2 aromatic rings. The van der Waals surface area contributed by atoms with Crippen molar-refractivity contribution < 1.29 is 28.2 Å². The van der Waals surface area contributed by atoms with Gasteiger partial charge in [0.05, 0.1) is 45.1 Å². The Labute approximate surface area is 212 Å². The summed E-state index contributed by atoms with van der Waals surface area (Å²) in [4.78, 5) is 32.3. The summed E-state index contributed by atoms with van der Waals surface area (Å²) in [6.07, 6.45) is 0.0451. The number of benzene rings is 2. The van der Waals surface area contributed by atoms with E-state index in [9.17, 15) is 14.0 Å². The molecular formula is C26H26FN3O5S. The van der Waals surface area contributed by atoms with Crippen LogP contribution in [0, 0.1) is 5.82 Å². The number of hydrogen-bond acceptors (Lipinski definition) is 8. The van der Waals surface area contributed by atoms with Crippen molar-refractivity contribution in [2.24, 2.45) is 4.99 Å². The topological polar surface area (TPSA) is 89.5 Å². The summed E-state index contributed by atoms with van der Waals surface area (Å²) >= 11 is 1.37. The van der Waals surface area contributed by atoms with Crippen LogP contribution < -0.4 is 14.8 Å². The number of thioether (sulfide) groups is 1. The number of ether oxygens (including phenoxy) is 3. The molecule has 2 aliphatic rings. The smallest absolute Gasteiger partial charge is 0.338 e. The molecule has 0 saturated carbocycles. The highest BCUT2D eigenvalue weighted by atomic mass is 32.2. The Bertz CT molecular complexity index is 1270. The molecule has 0 radical (unpaired) electrons. The van der Waals surface area contributed by atoms with Gasteiger partial charge in [0.2, 0.25) is 5.91 Å². The molecule has 0 bridgehead atoms. The molecule has 1 unspecified atom stereocenters. The lowest BCUT2D eigenvalue weighted by molar-refractivity contribution is -0.136. The fourth-order valence-electron chi connectivity index (χ4n) is 4.19. The van der Waals surface area contributed by atoms with Crippen LogP contribution in [-0.2, 0) is 20.9 Å². The number of carbonyl (C=O) groups is 2. The van der Waals surface area contributed by atoms with Crippen molar-refractivity contribution in [3.05, 3.63) is 81.8 Å². The van der Waals surface area contributed by atoms with Crippen molar-refractivity contribution >= 4 is 28.8 Å². The van der Waals surface area contributed by atoms with E-state index in [1.807, 2.05) is 22.4 Å². The van der Waals surface area contributed by atoms with Gasteiger partial charge in [-0.3, -0.25) is 4.79 Å². The van der Waals surface area contributed by atoms with Crippen molar-refractivity contribution in [1.82, 2.24) is 10.2 Å². The van der Waals surface area contributed by atoms with Crippen LogP contribution in [0.25, 0.3) is 0 Å². The number of allylic oxidation sites excluding steroid dienone is 1. The third-order valence-electron chi connectivity index (χ3n) is 5.88. The van der Waals surface area contributed by atoms with E-state index >= 15 is 0 Å². The first-order valence-electron chi connectivity index (χ1n) is 11.1. The SMILES string of the molecule is COC(=O)C1=C(C)N=C2SC=C(CC(=O)NCc3ccc(F)cc3)N2C1c1cccc(OC)c1OC. The third-order valence-corrected chi connectivity index (χ3v) is 6.77. The van der Waals surface area contributed by atoms with Gasteiger partial charge in [0, 0.05) is 17.8 Å². The van der Waals surface area contributed by atoms with Crippen LogP contribution in [0.2, 0.25) is 0 Å². The Morgan fingerprint density at radius 2 is 1.86 bits per heavy atom. The quantitative estimate of drug-likeness (QED) is 0.529. The number of aliphatic imine (C=N–C) groups is 1. The van der Waals surface area contributed by atoms with Gasteiger partial charge in [0.1, 0.15) is 5.82 Å². The van der Waals surface area contributed by atoms with E-state index < -0.39 is 12.0 Å². The van der Waals surface area contributed by atoms with Gasteiger partial charge in [-0.15, -0.1) is 0 Å². The zero-order chi connectivity index (χ0) is 25.8. The number of halogens is 1. The number of nitrogens with one attached hydrogen (secondary N) is 1. The van der Waals surface area contributed by atoms with Gasteiger partial charge < -0.3 is 24.4 Å². The molecule has 8 nitrogen and oxygen atoms in total. The normalized spacial score (nSPS) is 16.7. The summed E-state index contributed by atoms with van der Waals surface area (Å²) in [5, 5.41) is 5.35. The van der Waals surface area contributed by atoms with Crippen LogP contribution in [0.4, 0.5) is 4.39 Å². The fourth-order valence-corrected chi connectivity index (χ4v) is 5.16. The van der Waals surface area contributed by atoms with Crippen LogP contribution in [-0.4, -0.2) is 43.3 Å². The summed E-state index contributed by atoms with van der Waals surface area (Å²) in [6.45, 7) is 2.02. The zero-order valence-corrected chi connectivity index (χ0v) is 21.1. The van der Waals surface area contributed by atoms with Gasteiger partial charge in [-0.1, -0.05) is 36.0 Å². The highest BCUT2D eigenvalue weighted by Crippen LogP contribution is 2.48. The first kappa shape index (κ1) is 25.3. The summed E-state index contributed by atoms with van der Waals surface area (Å²) in [7, 11) is 4.40. The molecule has 0 aliphatic carbocycles. The van der Waals surface area contributed by atoms with Crippen molar-refractivity contribution in [2.45, 2.75) is 25.9 Å². The number of amides is 1. The van der Waals surface area contributed by atoms with Crippen molar-refractivity contribution in [2.75, 3.05) is 21.3 Å². The molecule has 1 atom stereocenters. The van der Waals surface area contributed by atoms with E-state index in [1.165, 1.54) is 38.1 Å². The van der Waals surface area contributed by atoms with Gasteiger partial charge >= 0.3 is 5.97 Å². The van der Waals surface area contributed by atoms with Gasteiger partial charge in [0.25, 0.3) is 0 Å². The highest BCUT2D eigenvalue weighted by Gasteiger charge is 2.42. The minimum atomic E-state index is -0.652. The van der Waals surface area contributed by atoms with E-state index in [0.717, 1.165) is 5.56 Å². The van der Waals surface area contributed by atoms with Crippen LogP contribution >= 0.6 is 11.8 Å². The van der Waals surface area contributed by atoms with Crippen LogP contribution in [0.3, 0.4) is 0 Å². The van der Waals surface area contributed by atoms with Crippen LogP contribution in [0.1, 0.15) is 30.5 Å². The molecule has 0 aromatic heterocycles. The Morgan fingerprint density at radius 3 is 2.53 bits per heavy atom. The summed E-state index contributed by atoms with van der Waals surface area (Å²) in [5.74, 6) is -0.108. The number of rotatable bonds is 8. The standard InChI is InChI=1S/C26H26FN3O5S/c1-15-22(25(32)35-4)23(19-6-5-7-20(33-2)24(19)34-3)30-18(14-36-26(30)29-15)12-21(31)28-13-16-8-10-17(27)11-9-16/h5-11,14,23H,12-13H2,1-4H3,(H,28,31). The molecule has 0 saturated heterocycles. The van der Waals surface area contributed by atoms with Crippen molar-refractivity contribution in [1.29, 1.82) is 0 Å². The van der Waals surface area contributed by atoms with Crippen LogP contribution in [0.5, 0.6) is 11.5 Å². The van der Waals surface area contributed by atoms with Gasteiger partial charge in [-0.25, -0.2) is 14.2 Å². The summed E-state index contributed by atoms with van der Waals surface area (Å²) in [5.41, 5.74) is 2.98. The van der Waals surface area contributed by atoms with E-state index in [0.29, 0.717) is 39.2 Å². The first-order valence-corrected chi connectivity index (χ1v) is 12.0. The minimum Gasteiger partial charge on any atom is -0.493 e. The van der Waals surface area contributed by atoms with Gasteiger partial charge in [-0.2, -0.15) is 0 Å². The van der Waals surface area contributed by atoms with Gasteiger partial charge in [0.15, 0.2) is 16.7 Å². The molecule has 0 spiro atoms. The maximum absolute atomic E-state index is 13.2. The molecule has 1 N–H and O–H groups in total. The number of fused-ring (bicyclic) bond motifs is 1. The second-order valence-electron chi connectivity index (χ2n) is 8.05. The molecule has 2 aromatic carbocycles. The Balaban J connectivity index is 1.66. The zero-order valence-electron chi connectivity index (χ0n) is 20.3. The van der Waals surface area contributed by atoms with E-state index in [4.69, 9.17) is 14.2 Å². The van der Waals surface area contributed by atoms with E-state index in [2.05, 4.69) is 10.3 Å². The predicted octanol–water partition coefficient (Wildman–Crippen LogP) is 4.30. The summed E-state index contributed by atoms with van der Waals surface area (Å²) in [6, 6.07) is 10.7. The number of hydrogen-bond donors (Lipinski definition) is 1. The third kappa shape index (κ3) is 4.94. The highest BCUT2D eigenvalue weighted by molar-refractivity contribution is 8.16. The molecular weight excluding hydrogens is 485 g/mol. The number of amidine groups is 1. The second-order valence-corrected chi connectivity index (χ2v) is 8.88. The Hall–Kier alpha value is -3.79. The molecule has 10 heteroatoms. The first-order chi connectivity index (χ1) is 17.4. The van der Waals surface area contributed by atoms with E-state index in [1.54, 1.807) is 32.2 Å². The van der Waals surface area contributed by atoms with Gasteiger partial charge in [-0.05, 0) is 36.1 Å². The number of carbonyl (C=O) groups excluding carboxylic acids is 2. The van der Waals surface area contributed by atoms with Crippen molar-refractivity contribution in [3.63, 3.8) is 0 Å². The lowest BCUT2D eigenvalue weighted by atomic mass is 9.92. The largest absolute Gasteiger partial charge is 0.493 e. The molecule has 188 valence electrons. The Morgan fingerprint density at radius 1 is 1.11 bits per heavy atom. The van der Waals surface area contributed by atoms with Crippen LogP contribution in [0.15, 0.2) is 69.8 Å².